The second-order valence-electron chi connectivity index (χ2n) is 6.60. The van der Waals surface area contributed by atoms with E-state index in [2.05, 4.69) is 5.32 Å². The summed E-state index contributed by atoms with van der Waals surface area (Å²) >= 11 is 0. The van der Waals surface area contributed by atoms with Crippen LogP contribution in [0.1, 0.15) is 55.8 Å². The largest absolute Gasteiger partial charge is 0.352 e. The average molecular weight is 366 g/mol. The van der Waals surface area contributed by atoms with Crippen molar-refractivity contribution in [3.05, 3.63) is 29.8 Å². The van der Waals surface area contributed by atoms with E-state index in [1.54, 1.807) is 0 Å². The second kappa shape index (κ2) is 8.58. The number of likely N-dealkylation sites (N-methyl/N-ethyl adjacent to an activating group) is 1. The van der Waals surface area contributed by atoms with Crippen molar-refractivity contribution in [1.82, 2.24) is 9.62 Å². The highest BCUT2D eigenvalue weighted by atomic mass is 32.2. The van der Waals surface area contributed by atoms with E-state index in [1.165, 1.54) is 51.1 Å². The Bertz CT molecular complexity index is 705. The molecule has 7 heteroatoms. The van der Waals surface area contributed by atoms with Crippen molar-refractivity contribution in [3.63, 3.8) is 0 Å². The van der Waals surface area contributed by atoms with Crippen molar-refractivity contribution >= 4 is 21.7 Å². The molecule has 0 saturated heterocycles. The predicted molar refractivity (Wildman–Crippen MR) is 95.9 cm³/mol. The molecule has 1 aliphatic rings. The van der Waals surface area contributed by atoms with E-state index in [0.29, 0.717) is 5.56 Å². The molecule has 2 rings (SSSR count). The lowest BCUT2D eigenvalue weighted by Crippen LogP contribution is -2.42. The average Bonchev–Trinajstić information content (AvgIpc) is 2.83. The molecule has 1 amide bonds. The van der Waals surface area contributed by atoms with Gasteiger partial charge in [-0.3, -0.25) is 9.59 Å². The first-order valence-electron chi connectivity index (χ1n) is 8.67. The maximum Gasteiger partial charge on any atom is 0.243 e. The van der Waals surface area contributed by atoms with E-state index in [-0.39, 0.29) is 29.2 Å². The minimum atomic E-state index is -3.76. The molecule has 0 aromatic heterocycles. The Labute approximate surface area is 149 Å². The van der Waals surface area contributed by atoms with Gasteiger partial charge >= 0.3 is 0 Å². The first-order valence-corrected chi connectivity index (χ1v) is 10.1. The van der Waals surface area contributed by atoms with E-state index in [4.69, 9.17) is 0 Å². The van der Waals surface area contributed by atoms with E-state index < -0.39 is 10.0 Å². The van der Waals surface area contributed by atoms with E-state index in [0.717, 1.165) is 30.0 Å². The summed E-state index contributed by atoms with van der Waals surface area (Å²) in [5, 5.41) is 2.95. The molecule has 0 spiro atoms. The molecule has 1 N–H and O–H groups in total. The fraction of sp³-hybridized carbons (Fsp3) is 0.556. The van der Waals surface area contributed by atoms with Crippen molar-refractivity contribution in [2.45, 2.75) is 56.4 Å². The van der Waals surface area contributed by atoms with Crippen LogP contribution < -0.4 is 5.32 Å². The molecule has 1 fully saturated rings. The van der Waals surface area contributed by atoms with Gasteiger partial charge in [0.05, 0.1) is 11.4 Å². The third kappa shape index (κ3) is 5.37. The molecular formula is C18H26N2O4S. The zero-order valence-corrected chi connectivity index (χ0v) is 15.6. The van der Waals surface area contributed by atoms with Crippen molar-refractivity contribution < 1.29 is 18.0 Å². The van der Waals surface area contributed by atoms with Gasteiger partial charge in [-0.25, -0.2) is 8.42 Å². The third-order valence-corrected chi connectivity index (χ3v) is 6.37. The van der Waals surface area contributed by atoms with E-state index in [1.807, 2.05) is 0 Å². The Balaban J connectivity index is 1.98. The number of rotatable bonds is 6. The van der Waals surface area contributed by atoms with Crippen LogP contribution in [0.25, 0.3) is 0 Å². The highest BCUT2D eigenvalue weighted by Crippen LogP contribution is 2.18. The number of nitrogens with one attached hydrogen (secondary N) is 1. The summed E-state index contributed by atoms with van der Waals surface area (Å²) in [4.78, 5) is 23.6. The predicted octanol–water partition coefficient (Wildman–Crippen LogP) is 2.35. The van der Waals surface area contributed by atoms with Crippen LogP contribution in [0.3, 0.4) is 0 Å². The lowest BCUT2D eigenvalue weighted by molar-refractivity contribution is -0.121. The summed E-state index contributed by atoms with van der Waals surface area (Å²) in [6, 6.07) is 5.89. The van der Waals surface area contributed by atoms with Gasteiger partial charge in [-0.15, -0.1) is 0 Å². The highest BCUT2D eigenvalue weighted by molar-refractivity contribution is 7.89. The number of hydrogen-bond acceptors (Lipinski definition) is 4. The molecule has 1 aromatic rings. The molecule has 25 heavy (non-hydrogen) atoms. The molecular weight excluding hydrogens is 340 g/mol. The minimum Gasteiger partial charge on any atom is -0.352 e. The standard InChI is InChI=1S/C18H26N2O4S/c1-14(21)15-9-11-17(12-10-15)25(23,24)20(2)13-18(22)19-16-7-5-3-4-6-8-16/h9-12,16H,3-8,13H2,1-2H3,(H,19,22). The maximum atomic E-state index is 12.6. The van der Waals surface area contributed by atoms with Gasteiger partial charge in [0.1, 0.15) is 0 Å². The Morgan fingerprint density at radius 1 is 1.08 bits per heavy atom. The smallest absolute Gasteiger partial charge is 0.243 e. The normalized spacial score (nSPS) is 16.4. The number of hydrogen-bond donors (Lipinski definition) is 1. The van der Waals surface area contributed by atoms with Gasteiger partial charge in [-0.05, 0) is 31.9 Å². The van der Waals surface area contributed by atoms with Gasteiger partial charge in [-0.2, -0.15) is 4.31 Å². The quantitative estimate of drug-likeness (QED) is 0.619. The van der Waals surface area contributed by atoms with Gasteiger partial charge in [0.15, 0.2) is 5.78 Å². The molecule has 0 radical (unpaired) electrons. The molecule has 0 atom stereocenters. The Morgan fingerprint density at radius 2 is 1.64 bits per heavy atom. The molecule has 1 saturated carbocycles. The van der Waals surface area contributed by atoms with Crippen LogP contribution in [-0.4, -0.2) is 44.0 Å². The van der Waals surface area contributed by atoms with E-state index >= 15 is 0 Å². The van der Waals surface area contributed by atoms with Crippen molar-refractivity contribution in [1.29, 1.82) is 0 Å². The van der Waals surface area contributed by atoms with Crippen LogP contribution >= 0.6 is 0 Å². The minimum absolute atomic E-state index is 0.0715. The number of carbonyl (C=O) groups is 2. The Kier molecular flexibility index (Phi) is 6.72. The number of carbonyl (C=O) groups excluding carboxylic acids is 2. The molecule has 0 heterocycles. The van der Waals surface area contributed by atoms with Gasteiger partial charge in [0.2, 0.25) is 15.9 Å². The fourth-order valence-electron chi connectivity index (χ4n) is 3.03. The van der Waals surface area contributed by atoms with Crippen molar-refractivity contribution in [2.75, 3.05) is 13.6 Å². The highest BCUT2D eigenvalue weighted by Gasteiger charge is 2.24. The number of benzene rings is 1. The zero-order valence-electron chi connectivity index (χ0n) is 14.8. The van der Waals surface area contributed by atoms with Gasteiger partial charge < -0.3 is 5.32 Å². The number of sulfonamides is 1. The van der Waals surface area contributed by atoms with E-state index in [9.17, 15) is 18.0 Å². The summed E-state index contributed by atoms with van der Waals surface area (Å²) in [7, 11) is -2.37. The molecule has 0 unspecified atom stereocenters. The first kappa shape index (κ1) is 19.6. The summed E-state index contributed by atoms with van der Waals surface area (Å²) in [6.07, 6.45) is 6.49. The SMILES string of the molecule is CC(=O)c1ccc(S(=O)(=O)N(C)CC(=O)NC2CCCCCC2)cc1. The van der Waals surface area contributed by atoms with Crippen molar-refractivity contribution in [3.8, 4) is 0 Å². The van der Waals surface area contributed by atoms with Gasteiger partial charge in [0, 0.05) is 18.7 Å². The molecule has 0 aliphatic heterocycles. The van der Waals surface area contributed by atoms with Crippen LogP contribution in [-0.2, 0) is 14.8 Å². The molecule has 0 bridgehead atoms. The zero-order chi connectivity index (χ0) is 18.4. The van der Waals surface area contributed by atoms with Gasteiger partial charge in [-0.1, -0.05) is 37.8 Å². The lowest BCUT2D eigenvalue weighted by Gasteiger charge is -2.20. The lowest BCUT2D eigenvalue weighted by atomic mass is 10.1. The number of Topliss-reactive ketones (excluding diaryl/α,β-unsaturated/α-hetero) is 1. The summed E-state index contributed by atoms with van der Waals surface area (Å²) in [5.74, 6) is -0.404. The van der Waals surface area contributed by atoms with Gasteiger partial charge in [0.25, 0.3) is 0 Å². The van der Waals surface area contributed by atoms with Crippen LogP contribution in [0.15, 0.2) is 29.2 Å². The monoisotopic (exact) mass is 366 g/mol. The molecule has 1 aliphatic carbocycles. The summed E-state index contributed by atoms with van der Waals surface area (Å²) in [5.41, 5.74) is 0.452. The number of ketones is 1. The second-order valence-corrected chi connectivity index (χ2v) is 8.64. The summed E-state index contributed by atoms with van der Waals surface area (Å²) in [6.45, 7) is 1.21. The Hall–Kier alpha value is -1.73. The third-order valence-electron chi connectivity index (χ3n) is 4.56. The molecule has 1 aromatic carbocycles. The maximum absolute atomic E-state index is 12.6. The summed E-state index contributed by atoms with van der Waals surface area (Å²) < 4.78 is 26.2. The number of nitrogens with zero attached hydrogens (tertiary/aromatic N) is 1. The molecule has 138 valence electrons. The van der Waals surface area contributed by atoms with Crippen LogP contribution in [0, 0.1) is 0 Å². The topological polar surface area (TPSA) is 83.6 Å². The van der Waals surface area contributed by atoms with Crippen molar-refractivity contribution in [2.24, 2.45) is 0 Å². The van der Waals surface area contributed by atoms with Crippen LogP contribution in [0.4, 0.5) is 0 Å². The van der Waals surface area contributed by atoms with Crippen LogP contribution in [0.5, 0.6) is 0 Å². The number of amides is 1. The molecule has 6 nitrogen and oxygen atoms in total. The Morgan fingerprint density at radius 3 is 2.16 bits per heavy atom. The first-order chi connectivity index (χ1) is 11.8. The fourth-order valence-corrected chi connectivity index (χ4v) is 4.15. The van der Waals surface area contributed by atoms with Crippen LogP contribution in [0.2, 0.25) is 0 Å².